The van der Waals surface area contributed by atoms with Gasteiger partial charge in [-0.2, -0.15) is 8.42 Å². The van der Waals surface area contributed by atoms with Crippen LogP contribution in [-0.2, 0) is 19.1 Å². The van der Waals surface area contributed by atoms with E-state index in [4.69, 9.17) is 11.5 Å². The molecular formula is C8H18N2O4S. The lowest BCUT2D eigenvalue weighted by atomic mass is 10.1. The highest BCUT2D eigenvalue weighted by atomic mass is 32.2. The molecule has 0 rings (SSSR count). The molecule has 0 aliphatic rings. The highest BCUT2D eigenvalue weighted by Gasteiger charge is 2.24. The van der Waals surface area contributed by atoms with Crippen LogP contribution >= 0.6 is 0 Å². The predicted octanol–water partition coefficient (Wildman–Crippen LogP) is -0.808. The lowest BCUT2D eigenvalue weighted by molar-refractivity contribution is -0.136. The van der Waals surface area contributed by atoms with Crippen LogP contribution in [0.15, 0.2) is 0 Å². The molecule has 7 heteroatoms. The number of hydrogen-bond acceptors (Lipinski definition) is 6. The molecule has 0 amide bonds. The Kier molecular flexibility index (Phi) is 5.77. The van der Waals surface area contributed by atoms with Crippen LogP contribution in [0.3, 0.4) is 0 Å². The molecule has 0 saturated carbocycles. The number of carbonyl (C=O) groups excluding carboxylic acids is 1. The maximum absolute atomic E-state index is 11.2. The summed E-state index contributed by atoms with van der Waals surface area (Å²) in [7, 11) is -3.83. The highest BCUT2D eigenvalue weighted by molar-refractivity contribution is 7.87. The molecule has 90 valence electrons. The molecule has 15 heavy (non-hydrogen) atoms. The zero-order valence-electron chi connectivity index (χ0n) is 8.97. The summed E-state index contributed by atoms with van der Waals surface area (Å²) in [6, 6.07) is -0.919. The second kappa shape index (κ2) is 6.04. The molecule has 0 heterocycles. The van der Waals surface area contributed by atoms with Gasteiger partial charge in [-0.25, -0.2) is 4.79 Å². The summed E-state index contributed by atoms with van der Waals surface area (Å²) in [5, 5.41) is 0. The molecule has 4 N–H and O–H groups in total. The van der Waals surface area contributed by atoms with Gasteiger partial charge in [0, 0.05) is 0 Å². The maximum Gasteiger partial charge on any atom is 0.339 e. The molecule has 0 bridgehead atoms. The molecule has 0 aromatic rings. The van der Waals surface area contributed by atoms with Gasteiger partial charge < -0.3 is 15.7 Å². The number of hydrogen-bond donors (Lipinski definition) is 2. The van der Waals surface area contributed by atoms with Gasteiger partial charge in [-0.1, -0.05) is 13.8 Å². The average molecular weight is 238 g/mol. The van der Waals surface area contributed by atoms with Crippen LogP contribution in [0.2, 0.25) is 0 Å². The minimum absolute atomic E-state index is 0.165. The van der Waals surface area contributed by atoms with Gasteiger partial charge in [0.15, 0.2) is 0 Å². The molecule has 1 unspecified atom stereocenters. The Morgan fingerprint density at radius 1 is 1.40 bits per heavy atom. The Bertz CT molecular complexity index is 300. The smallest absolute Gasteiger partial charge is 0.339 e. The fraction of sp³-hybridized carbons (Fsp3) is 0.875. The Morgan fingerprint density at radius 3 is 2.33 bits per heavy atom. The van der Waals surface area contributed by atoms with E-state index in [1.54, 1.807) is 13.8 Å². The minimum Gasteiger partial charge on any atom is -0.344 e. The van der Waals surface area contributed by atoms with Crippen LogP contribution in [0.1, 0.15) is 20.3 Å². The van der Waals surface area contributed by atoms with Crippen molar-refractivity contribution in [2.45, 2.75) is 26.3 Å². The molecule has 0 saturated heterocycles. The normalized spacial score (nSPS) is 13.9. The maximum atomic E-state index is 11.2. The molecule has 6 nitrogen and oxygen atoms in total. The molecule has 0 aromatic carbocycles. The van der Waals surface area contributed by atoms with E-state index >= 15 is 0 Å². The Hall–Kier alpha value is -0.660. The Labute approximate surface area is 90.1 Å². The van der Waals surface area contributed by atoms with Gasteiger partial charge in [-0.15, -0.1) is 0 Å². The van der Waals surface area contributed by atoms with Gasteiger partial charge in [0.1, 0.15) is 6.04 Å². The van der Waals surface area contributed by atoms with Crippen LogP contribution in [0, 0.1) is 5.92 Å². The fourth-order valence-electron chi connectivity index (χ4n) is 0.755. The molecule has 0 aliphatic heterocycles. The first-order chi connectivity index (χ1) is 6.80. The Balaban J connectivity index is 4.28. The summed E-state index contributed by atoms with van der Waals surface area (Å²) in [4.78, 5) is 11.2. The summed E-state index contributed by atoms with van der Waals surface area (Å²) in [5.41, 5.74) is 10.6. The molecule has 0 radical (unpaired) electrons. The van der Waals surface area contributed by atoms with Crippen molar-refractivity contribution in [1.29, 1.82) is 0 Å². The van der Waals surface area contributed by atoms with Crippen LogP contribution in [0.5, 0.6) is 0 Å². The van der Waals surface area contributed by atoms with E-state index in [0.717, 1.165) is 0 Å². The van der Waals surface area contributed by atoms with Crippen molar-refractivity contribution in [1.82, 2.24) is 0 Å². The van der Waals surface area contributed by atoms with E-state index in [-0.39, 0.29) is 24.6 Å². The number of nitrogens with two attached hydrogens (primary N) is 2. The lowest BCUT2D eigenvalue weighted by Crippen LogP contribution is -2.38. The van der Waals surface area contributed by atoms with E-state index in [0.29, 0.717) is 0 Å². The second-order valence-corrected chi connectivity index (χ2v) is 5.27. The fourth-order valence-corrected chi connectivity index (χ4v) is 1.72. The third-order valence-electron chi connectivity index (χ3n) is 1.80. The van der Waals surface area contributed by atoms with Crippen LogP contribution in [0.4, 0.5) is 0 Å². The molecular weight excluding hydrogens is 220 g/mol. The standard InChI is InChI=1S/C8H18N2O4S/c1-6(2)7(10)8(11)14-15(12,13)5-3-4-9/h6-7H,3-5,9-10H2,1-2H3. The number of rotatable bonds is 6. The number of carbonyl (C=O) groups is 1. The summed E-state index contributed by atoms with van der Waals surface area (Å²) in [6.07, 6.45) is 0.256. The lowest BCUT2D eigenvalue weighted by Gasteiger charge is -2.13. The third kappa shape index (κ3) is 5.71. The summed E-state index contributed by atoms with van der Waals surface area (Å²) in [6.45, 7) is 3.64. The van der Waals surface area contributed by atoms with Crippen molar-refractivity contribution in [3.05, 3.63) is 0 Å². The minimum atomic E-state index is -3.83. The van der Waals surface area contributed by atoms with E-state index in [1.165, 1.54) is 0 Å². The molecule has 0 spiro atoms. The summed E-state index contributed by atoms with van der Waals surface area (Å²) < 4.78 is 26.7. The van der Waals surface area contributed by atoms with E-state index in [2.05, 4.69) is 4.18 Å². The first-order valence-electron chi connectivity index (χ1n) is 4.72. The van der Waals surface area contributed by atoms with Gasteiger partial charge in [-0.05, 0) is 18.9 Å². The van der Waals surface area contributed by atoms with Crippen molar-refractivity contribution < 1.29 is 17.4 Å². The second-order valence-electron chi connectivity index (χ2n) is 3.58. The summed E-state index contributed by atoms with van der Waals surface area (Å²) in [5.74, 6) is -1.34. The van der Waals surface area contributed by atoms with Crippen LogP contribution in [0.25, 0.3) is 0 Å². The van der Waals surface area contributed by atoms with Gasteiger partial charge in [0.25, 0.3) is 0 Å². The van der Waals surface area contributed by atoms with Gasteiger partial charge in [0.05, 0.1) is 5.75 Å². The van der Waals surface area contributed by atoms with Gasteiger partial charge in [-0.3, -0.25) is 0 Å². The quantitative estimate of drug-likeness (QED) is 0.585. The van der Waals surface area contributed by atoms with Crippen LogP contribution < -0.4 is 11.5 Å². The predicted molar refractivity (Wildman–Crippen MR) is 56.4 cm³/mol. The third-order valence-corrected chi connectivity index (χ3v) is 3.00. The van der Waals surface area contributed by atoms with Crippen molar-refractivity contribution in [3.63, 3.8) is 0 Å². The largest absolute Gasteiger partial charge is 0.344 e. The molecule has 0 aliphatic carbocycles. The SMILES string of the molecule is CC(C)C(N)C(=O)OS(=O)(=O)CCCN. The molecule has 0 aromatic heterocycles. The Morgan fingerprint density at radius 2 is 1.93 bits per heavy atom. The van der Waals surface area contributed by atoms with E-state index in [9.17, 15) is 13.2 Å². The topological polar surface area (TPSA) is 112 Å². The zero-order chi connectivity index (χ0) is 12.1. The molecule has 0 fully saturated rings. The molecule has 1 atom stereocenters. The highest BCUT2D eigenvalue weighted by Crippen LogP contribution is 2.04. The van der Waals surface area contributed by atoms with E-state index < -0.39 is 22.1 Å². The van der Waals surface area contributed by atoms with Crippen molar-refractivity contribution >= 4 is 16.1 Å². The average Bonchev–Trinajstić information content (AvgIpc) is 2.12. The summed E-state index contributed by atoms with van der Waals surface area (Å²) >= 11 is 0. The monoisotopic (exact) mass is 238 g/mol. The van der Waals surface area contributed by atoms with Gasteiger partial charge in [0.2, 0.25) is 0 Å². The van der Waals surface area contributed by atoms with Crippen molar-refractivity contribution in [2.75, 3.05) is 12.3 Å². The van der Waals surface area contributed by atoms with Gasteiger partial charge >= 0.3 is 16.1 Å². The van der Waals surface area contributed by atoms with E-state index in [1.807, 2.05) is 0 Å². The zero-order valence-corrected chi connectivity index (χ0v) is 9.79. The first-order valence-corrected chi connectivity index (χ1v) is 6.29. The van der Waals surface area contributed by atoms with Crippen LogP contribution in [-0.4, -0.2) is 32.7 Å². The first kappa shape index (κ1) is 14.3. The van der Waals surface area contributed by atoms with Crippen molar-refractivity contribution in [2.24, 2.45) is 17.4 Å². The van der Waals surface area contributed by atoms with Crippen molar-refractivity contribution in [3.8, 4) is 0 Å².